The molecule has 0 bridgehead atoms. The van der Waals surface area contributed by atoms with E-state index in [1.807, 2.05) is 13.8 Å². The number of carbonyl (C=O) groups is 2. The molecule has 84 valence electrons. The normalized spacial score (nSPS) is 11.3. The zero-order chi connectivity index (χ0) is 12.3. The predicted octanol–water partition coefficient (Wildman–Crippen LogP) is 1.76. The fourth-order valence-corrected chi connectivity index (χ4v) is 1.43. The first-order valence-electron chi connectivity index (χ1n) is 4.81. The summed E-state index contributed by atoms with van der Waals surface area (Å²) in [6, 6.07) is 3.47. The summed E-state index contributed by atoms with van der Waals surface area (Å²) < 4.78 is 0. The van der Waals surface area contributed by atoms with Gasteiger partial charge in [-0.15, -0.1) is 0 Å². The van der Waals surface area contributed by atoms with E-state index >= 15 is 0 Å². The van der Waals surface area contributed by atoms with E-state index in [4.69, 9.17) is 5.11 Å². The molecule has 0 aromatic carbocycles. The van der Waals surface area contributed by atoms with Gasteiger partial charge in [0.15, 0.2) is 5.78 Å². The van der Waals surface area contributed by atoms with Gasteiger partial charge in [0.25, 0.3) is 0 Å². The van der Waals surface area contributed by atoms with Crippen molar-refractivity contribution in [2.75, 3.05) is 0 Å². The molecule has 1 aromatic rings. The second kappa shape index (κ2) is 4.70. The van der Waals surface area contributed by atoms with E-state index in [0.29, 0.717) is 5.56 Å². The molecule has 0 spiro atoms. The number of hydrogen-bond donors (Lipinski definition) is 1. The fourth-order valence-electron chi connectivity index (χ4n) is 1.43. The molecule has 0 aliphatic heterocycles. The average Bonchev–Trinajstić information content (AvgIpc) is 2.11. The SMILES string of the molecule is CC(=O)/C(=C\c1cc(C)nc(C)c1)C(=O)O. The lowest BCUT2D eigenvalue weighted by atomic mass is 10.1. The van der Waals surface area contributed by atoms with Gasteiger partial charge >= 0.3 is 5.97 Å². The van der Waals surface area contributed by atoms with Gasteiger partial charge in [0.05, 0.1) is 0 Å². The molecule has 4 nitrogen and oxygen atoms in total. The van der Waals surface area contributed by atoms with Crippen molar-refractivity contribution in [3.05, 3.63) is 34.7 Å². The van der Waals surface area contributed by atoms with Crippen molar-refractivity contribution in [2.45, 2.75) is 20.8 Å². The third kappa shape index (κ3) is 3.02. The van der Waals surface area contributed by atoms with Crippen LogP contribution in [-0.2, 0) is 9.59 Å². The fraction of sp³-hybridized carbons (Fsp3) is 0.250. The molecule has 0 aliphatic carbocycles. The lowest BCUT2D eigenvalue weighted by Gasteiger charge is -2.01. The van der Waals surface area contributed by atoms with Crippen LogP contribution in [0.15, 0.2) is 17.7 Å². The zero-order valence-corrected chi connectivity index (χ0v) is 9.44. The Labute approximate surface area is 93.6 Å². The molecule has 0 radical (unpaired) electrons. The Bertz CT molecular complexity index is 439. The minimum atomic E-state index is -1.21. The first-order chi connectivity index (χ1) is 7.40. The highest BCUT2D eigenvalue weighted by molar-refractivity contribution is 6.19. The molecule has 4 heteroatoms. The Balaban J connectivity index is 3.23. The Kier molecular flexibility index (Phi) is 3.55. The molecule has 0 aliphatic rings. The first-order valence-corrected chi connectivity index (χ1v) is 4.81. The smallest absolute Gasteiger partial charge is 0.339 e. The second-order valence-electron chi connectivity index (χ2n) is 3.60. The van der Waals surface area contributed by atoms with Gasteiger partial charge in [-0.25, -0.2) is 4.79 Å². The lowest BCUT2D eigenvalue weighted by molar-refractivity contribution is -0.134. The van der Waals surface area contributed by atoms with E-state index in [0.717, 1.165) is 11.4 Å². The maximum Gasteiger partial charge on any atom is 0.339 e. The Hall–Kier alpha value is -1.97. The molecule has 0 amide bonds. The third-order valence-corrected chi connectivity index (χ3v) is 2.02. The Morgan fingerprint density at radius 1 is 1.25 bits per heavy atom. The van der Waals surface area contributed by atoms with Crippen molar-refractivity contribution in [2.24, 2.45) is 0 Å². The lowest BCUT2D eigenvalue weighted by Crippen LogP contribution is -2.08. The summed E-state index contributed by atoms with van der Waals surface area (Å²) in [7, 11) is 0. The average molecular weight is 219 g/mol. The molecule has 1 aromatic heterocycles. The van der Waals surface area contributed by atoms with Crippen molar-refractivity contribution in [1.29, 1.82) is 0 Å². The highest BCUT2D eigenvalue weighted by atomic mass is 16.4. The molecule has 0 atom stereocenters. The minimum absolute atomic E-state index is 0.218. The number of Topliss-reactive ketones (excluding diaryl/α,β-unsaturated/α-hetero) is 1. The molecule has 0 saturated carbocycles. The van der Waals surface area contributed by atoms with Crippen LogP contribution in [0.5, 0.6) is 0 Å². The number of carboxylic acids is 1. The molecule has 1 heterocycles. The van der Waals surface area contributed by atoms with Gasteiger partial charge in [-0.3, -0.25) is 9.78 Å². The van der Waals surface area contributed by atoms with Gasteiger partial charge in [0.2, 0.25) is 0 Å². The summed E-state index contributed by atoms with van der Waals surface area (Å²) in [5, 5.41) is 8.84. The molecule has 0 unspecified atom stereocenters. The number of aliphatic carboxylic acids is 1. The molecular weight excluding hydrogens is 206 g/mol. The van der Waals surface area contributed by atoms with Crippen LogP contribution in [0.4, 0.5) is 0 Å². The standard InChI is InChI=1S/C12H13NO3/c1-7-4-10(5-8(2)13-7)6-11(9(3)14)12(15)16/h4-6H,1-3H3,(H,15,16)/b11-6+. The second-order valence-corrected chi connectivity index (χ2v) is 3.60. The predicted molar refractivity (Wildman–Crippen MR) is 60.0 cm³/mol. The number of pyridine rings is 1. The van der Waals surface area contributed by atoms with Crippen LogP contribution in [0, 0.1) is 13.8 Å². The highest BCUT2D eigenvalue weighted by Crippen LogP contribution is 2.11. The molecule has 0 saturated heterocycles. The molecule has 16 heavy (non-hydrogen) atoms. The van der Waals surface area contributed by atoms with Gasteiger partial charge in [-0.05, 0) is 44.5 Å². The van der Waals surface area contributed by atoms with E-state index in [9.17, 15) is 9.59 Å². The number of aromatic nitrogens is 1. The third-order valence-electron chi connectivity index (χ3n) is 2.02. The van der Waals surface area contributed by atoms with Crippen molar-refractivity contribution in [3.8, 4) is 0 Å². The van der Waals surface area contributed by atoms with Crippen molar-refractivity contribution < 1.29 is 14.7 Å². The van der Waals surface area contributed by atoms with Gasteiger partial charge in [-0.2, -0.15) is 0 Å². The van der Waals surface area contributed by atoms with Crippen LogP contribution < -0.4 is 0 Å². The summed E-state index contributed by atoms with van der Waals surface area (Å²) >= 11 is 0. The monoisotopic (exact) mass is 219 g/mol. The maximum atomic E-state index is 11.1. The largest absolute Gasteiger partial charge is 0.478 e. The Morgan fingerprint density at radius 3 is 2.12 bits per heavy atom. The number of aryl methyl sites for hydroxylation is 2. The van der Waals surface area contributed by atoms with Crippen LogP contribution in [0.2, 0.25) is 0 Å². The van der Waals surface area contributed by atoms with E-state index < -0.39 is 11.8 Å². The van der Waals surface area contributed by atoms with Crippen molar-refractivity contribution in [3.63, 3.8) is 0 Å². The summed E-state index contributed by atoms with van der Waals surface area (Å²) in [4.78, 5) is 26.1. The topological polar surface area (TPSA) is 67.3 Å². The van der Waals surface area contributed by atoms with E-state index in [-0.39, 0.29) is 5.57 Å². The summed E-state index contributed by atoms with van der Waals surface area (Å²) in [5.41, 5.74) is 2.04. The molecule has 1 N–H and O–H groups in total. The first kappa shape index (κ1) is 12.1. The molecule has 1 rings (SSSR count). The van der Waals surface area contributed by atoms with E-state index in [1.165, 1.54) is 13.0 Å². The number of ketones is 1. The van der Waals surface area contributed by atoms with Gasteiger partial charge < -0.3 is 5.11 Å². The quantitative estimate of drug-likeness (QED) is 0.478. The zero-order valence-electron chi connectivity index (χ0n) is 9.44. The maximum absolute atomic E-state index is 11.1. The highest BCUT2D eigenvalue weighted by Gasteiger charge is 2.12. The molecule has 0 fully saturated rings. The summed E-state index contributed by atoms with van der Waals surface area (Å²) in [6.07, 6.45) is 1.37. The van der Waals surface area contributed by atoms with Crippen LogP contribution in [0.25, 0.3) is 6.08 Å². The van der Waals surface area contributed by atoms with E-state index in [1.54, 1.807) is 12.1 Å². The number of nitrogens with zero attached hydrogens (tertiary/aromatic N) is 1. The van der Waals surface area contributed by atoms with Crippen LogP contribution in [0.3, 0.4) is 0 Å². The Morgan fingerprint density at radius 2 is 1.75 bits per heavy atom. The van der Waals surface area contributed by atoms with Crippen molar-refractivity contribution in [1.82, 2.24) is 4.98 Å². The minimum Gasteiger partial charge on any atom is -0.478 e. The van der Waals surface area contributed by atoms with Crippen LogP contribution in [-0.4, -0.2) is 21.8 Å². The van der Waals surface area contributed by atoms with Crippen LogP contribution in [0.1, 0.15) is 23.9 Å². The number of hydrogen-bond acceptors (Lipinski definition) is 3. The number of carbonyl (C=O) groups excluding carboxylic acids is 1. The summed E-state index contributed by atoms with van der Waals surface area (Å²) in [6.45, 7) is 4.87. The van der Waals surface area contributed by atoms with Crippen molar-refractivity contribution >= 4 is 17.8 Å². The number of rotatable bonds is 3. The summed E-state index contributed by atoms with van der Waals surface area (Å²) in [5.74, 6) is -1.67. The van der Waals surface area contributed by atoms with Gasteiger partial charge in [-0.1, -0.05) is 0 Å². The molecular formula is C12H13NO3. The van der Waals surface area contributed by atoms with Gasteiger partial charge in [0.1, 0.15) is 5.57 Å². The van der Waals surface area contributed by atoms with E-state index in [2.05, 4.69) is 4.98 Å². The van der Waals surface area contributed by atoms with Crippen LogP contribution >= 0.6 is 0 Å². The van der Waals surface area contributed by atoms with Gasteiger partial charge in [0, 0.05) is 11.4 Å². The number of carboxylic acid groups (broad SMARTS) is 1.